The van der Waals surface area contributed by atoms with Crippen LogP contribution in [0, 0.1) is 5.92 Å². The minimum Gasteiger partial charge on any atom is -0.379 e. The molecule has 0 bridgehead atoms. The topological polar surface area (TPSA) is 63.8 Å². The highest BCUT2D eigenvalue weighted by molar-refractivity contribution is 7.00. The number of nitrogens with two attached hydrogens (primary N) is 1. The number of halogens is 1. The Morgan fingerprint density at radius 1 is 1.39 bits per heavy atom. The van der Waals surface area contributed by atoms with Crippen LogP contribution in [0.1, 0.15) is 19.3 Å². The zero-order chi connectivity index (χ0) is 12.5. The molecule has 1 heterocycles. The van der Waals surface area contributed by atoms with Crippen molar-refractivity contribution < 1.29 is 0 Å². The molecule has 1 aliphatic rings. The van der Waals surface area contributed by atoms with Gasteiger partial charge in [0.15, 0.2) is 0 Å². The van der Waals surface area contributed by atoms with Crippen LogP contribution in [0.5, 0.6) is 0 Å². The summed E-state index contributed by atoms with van der Waals surface area (Å²) < 4.78 is 8.57. The molecule has 96 valence electrons. The van der Waals surface area contributed by atoms with Crippen LogP contribution in [0.25, 0.3) is 11.0 Å². The summed E-state index contributed by atoms with van der Waals surface area (Å²) in [5, 5.41) is 4.24. The highest BCUT2D eigenvalue weighted by atomic mass is 35.5. The molecule has 3 rings (SSSR count). The quantitative estimate of drug-likeness (QED) is 0.909. The lowest BCUT2D eigenvalue weighted by Crippen LogP contribution is -2.29. The molecule has 0 radical (unpaired) electrons. The predicted octanol–water partition coefficient (Wildman–Crippen LogP) is 2.88. The maximum Gasteiger partial charge on any atom is 0.129 e. The van der Waals surface area contributed by atoms with E-state index in [9.17, 15) is 0 Å². The van der Waals surface area contributed by atoms with Gasteiger partial charge in [-0.15, -0.1) is 0 Å². The Labute approximate surface area is 115 Å². The zero-order valence-corrected chi connectivity index (χ0v) is 11.5. The van der Waals surface area contributed by atoms with Crippen LogP contribution < -0.4 is 11.1 Å². The van der Waals surface area contributed by atoms with E-state index in [0.29, 0.717) is 17.0 Å². The molecule has 2 atom stereocenters. The second-order valence-electron chi connectivity index (χ2n) is 4.73. The average Bonchev–Trinajstić information content (AvgIpc) is 3.01. The Morgan fingerprint density at radius 3 is 3.11 bits per heavy atom. The molecule has 1 saturated carbocycles. The van der Waals surface area contributed by atoms with Crippen molar-refractivity contribution in [3.05, 3.63) is 17.2 Å². The molecule has 0 spiro atoms. The number of hydrogen-bond acceptors (Lipinski definition) is 5. The van der Waals surface area contributed by atoms with E-state index in [4.69, 9.17) is 17.3 Å². The van der Waals surface area contributed by atoms with Crippen molar-refractivity contribution in [1.29, 1.82) is 0 Å². The highest BCUT2D eigenvalue weighted by Gasteiger charge is 2.27. The fourth-order valence-electron chi connectivity index (χ4n) is 2.66. The summed E-state index contributed by atoms with van der Waals surface area (Å²) in [6, 6.07) is 4.18. The summed E-state index contributed by atoms with van der Waals surface area (Å²) >= 11 is 7.49. The Morgan fingerprint density at radius 2 is 2.28 bits per heavy atom. The van der Waals surface area contributed by atoms with Gasteiger partial charge in [-0.1, -0.05) is 18.0 Å². The Hall–Kier alpha value is -0.910. The number of anilines is 1. The van der Waals surface area contributed by atoms with Crippen molar-refractivity contribution >= 4 is 40.0 Å². The van der Waals surface area contributed by atoms with E-state index in [2.05, 4.69) is 14.1 Å². The van der Waals surface area contributed by atoms with Crippen LogP contribution >= 0.6 is 23.3 Å². The smallest absolute Gasteiger partial charge is 0.129 e. The first-order valence-corrected chi connectivity index (χ1v) is 7.28. The van der Waals surface area contributed by atoms with E-state index < -0.39 is 0 Å². The first-order valence-electron chi connectivity index (χ1n) is 6.17. The third-order valence-corrected chi connectivity index (χ3v) is 4.53. The molecular weight excluding hydrogens is 268 g/mol. The average molecular weight is 283 g/mol. The summed E-state index contributed by atoms with van der Waals surface area (Å²) in [5.41, 5.74) is 8.49. The van der Waals surface area contributed by atoms with Crippen LogP contribution in [0.4, 0.5) is 5.69 Å². The minimum absolute atomic E-state index is 0.403. The lowest BCUT2D eigenvalue weighted by atomic mass is 10.0. The Kier molecular flexibility index (Phi) is 3.37. The number of aromatic nitrogens is 2. The normalized spacial score (nSPS) is 23.7. The van der Waals surface area contributed by atoms with Gasteiger partial charge in [0.2, 0.25) is 0 Å². The number of rotatable bonds is 3. The van der Waals surface area contributed by atoms with Gasteiger partial charge < -0.3 is 11.1 Å². The summed E-state index contributed by atoms with van der Waals surface area (Å²) in [7, 11) is 0. The predicted molar refractivity (Wildman–Crippen MR) is 76.2 cm³/mol. The standard InChI is InChI=1S/C12H15ClN4S/c13-8-4-5-10-12(17-18-16-10)11(8)15-9-3-1-2-7(9)6-14/h4-5,7,9,15H,1-3,6,14H2. The largest absolute Gasteiger partial charge is 0.379 e. The van der Waals surface area contributed by atoms with Crippen LogP contribution in [0.3, 0.4) is 0 Å². The van der Waals surface area contributed by atoms with Crippen LogP contribution in [0.15, 0.2) is 12.1 Å². The molecule has 18 heavy (non-hydrogen) atoms. The summed E-state index contributed by atoms with van der Waals surface area (Å²) in [6.45, 7) is 0.723. The fraction of sp³-hybridized carbons (Fsp3) is 0.500. The lowest BCUT2D eigenvalue weighted by Gasteiger charge is -2.21. The van der Waals surface area contributed by atoms with Gasteiger partial charge in [0, 0.05) is 6.04 Å². The van der Waals surface area contributed by atoms with E-state index in [1.54, 1.807) is 0 Å². The van der Waals surface area contributed by atoms with Gasteiger partial charge in [-0.2, -0.15) is 8.75 Å². The molecule has 1 aliphatic carbocycles. The van der Waals surface area contributed by atoms with E-state index in [-0.39, 0.29) is 0 Å². The van der Waals surface area contributed by atoms with Crippen molar-refractivity contribution in [1.82, 2.24) is 8.75 Å². The molecule has 1 fully saturated rings. The Balaban J connectivity index is 1.94. The second-order valence-corrected chi connectivity index (χ2v) is 5.67. The molecule has 6 heteroatoms. The Bertz CT molecular complexity index is 556. The van der Waals surface area contributed by atoms with E-state index in [1.165, 1.54) is 24.6 Å². The molecule has 0 amide bonds. The van der Waals surface area contributed by atoms with Gasteiger partial charge in [0.05, 0.1) is 22.4 Å². The van der Waals surface area contributed by atoms with Crippen molar-refractivity contribution in [2.45, 2.75) is 25.3 Å². The van der Waals surface area contributed by atoms with Gasteiger partial charge in [-0.3, -0.25) is 0 Å². The number of nitrogens with zero attached hydrogens (tertiary/aromatic N) is 2. The van der Waals surface area contributed by atoms with Gasteiger partial charge >= 0.3 is 0 Å². The second kappa shape index (κ2) is 4.99. The van der Waals surface area contributed by atoms with Gasteiger partial charge in [-0.25, -0.2) is 0 Å². The molecular formula is C12H15ClN4S. The first kappa shape index (κ1) is 12.1. The number of fused-ring (bicyclic) bond motifs is 1. The molecule has 1 aromatic heterocycles. The highest BCUT2D eigenvalue weighted by Crippen LogP contribution is 2.34. The number of nitrogens with one attached hydrogen (secondary N) is 1. The maximum absolute atomic E-state index is 6.27. The third-order valence-electron chi connectivity index (χ3n) is 3.67. The number of benzene rings is 1. The van der Waals surface area contributed by atoms with Crippen molar-refractivity contribution in [2.75, 3.05) is 11.9 Å². The number of hydrogen-bond donors (Lipinski definition) is 2. The van der Waals surface area contributed by atoms with Crippen molar-refractivity contribution in [3.8, 4) is 0 Å². The SMILES string of the molecule is NCC1CCCC1Nc1c(Cl)ccc2nsnc12. The third kappa shape index (κ3) is 2.06. The van der Waals surface area contributed by atoms with E-state index in [0.717, 1.165) is 29.7 Å². The minimum atomic E-state index is 0.403. The molecule has 3 N–H and O–H groups in total. The van der Waals surface area contributed by atoms with Crippen LogP contribution in [-0.2, 0) is 0 Å². The van der Waals surface area contributed by atoms with Crippen molar-refractivity contribution in [3.63, 3.8) is 0 Å². The maximum atomic E-state index is 6.27. The van der Waals surface area contributed by atoms with Gasteiger partial charge in [-0.05, 0) is 37.4 Å². The lowest BCUT2D eigenvalue weighted by molar-refractivity contribution is 0.517. The molecule has 2 unspecified atom stereocenters. The van der Waals surface area contributed by atoms with Crippen LogP contribution in [0.2, 0.25) is 5.02 Å². The van der Waals surface area contributed by atoms with E-state index >= 15 is 0 Å². The monoisotopic (exact) mass is 282 g/mol. The molecule has 0 saturated heterocycles. The summed E-state index contributed by atoms with van der Waals surface area (Å²) in [4.78, 5) is 0. The molecule has 1 aromatic carbocycles. The van der Waals surface area contributed by atoms with E-state index in [1.807, 2.05) is 12.1 Å². The zero-order valence-electron chi connectivity index (χ0n) is 9.90. The molecule has 2 aromatic rings. The summed E-state index contributed by atoms with van der Waals surface area (Å²) in [5.74, 6) is 0.530. The van der Waals surface area contributed by atoms with Gasteiger partial charge in [0.25, 0.3) is 0 Å². The van der Waals surface area contributed by atoms with Crippen molar-refractivity contribution in [2.24, 2.45) is 11.7 Å². The van der Waals surface area contributed by atoms with Gasteiger partial charge in [0.1, 0.15) is 11.0 Å². The molecule has 4 nitrogen and oxygen atoms in total. The van der Waals surface area contributed by atoms with Crippen LogP contribution in [-0.4, -0.2) is 21.3 Å². The molecule has 0 aliphatic heterocycles. The first-order chi connectivity index (χ1) is 8.79. The summed E-state index contributed by atoms with van der Waals surface area (Å²) in [6.07, 6.45) is 3.56. The fourth-order valence-corrected chi connectivity index (χ4v) is 3.41.